The van der Waals surface area contributed by atoms with Crippen molar-refractivity contribution in [2.24, 2.45) is 0 Å². The summed E-state index contributed by atoms with van der Waals surface area (Å²) in [7, 11) is 1.78. The van der Waals surface area contributed by atoms with Crippen LogP contribution >= 0.6 is 0 Å². The minimum absolute atomic E-state index is 0.752. The predicted molar refractivity (Wildman–Crippen MR) is 127 cm³/mol. The van der Waals surface area contributed by atoms with E-state index in [0.29, 0.717) is 0 Å². The van der Waals surface area contributed by atoms with Crippen LogP contribution in [-0.2, 0) is 4.74 Å². The summed E-state index contributed by atoms with van der Waals surface area (Å²) >= 11 is 0. The Kier molecular flexibility index (Phi) is 11.7. The van der Waals surface area contributed by atoms with Gasteiger partial charge in [0.2, 0.25) is 0 Å². The molecule has 168 valence electrons. The molecule has 0 atom stereocenters. The second-order valence-electron chi connectivity index (χ2n) is 8.37. The molecule has 0 N–H and O–H groups in total. The minimum Gasteiger partial charge on any atom is -0.493 e. The molecule has 30 heavy (non-hydrogen) atoms. The number of benzene rings is 1. The van der Waals surface area contributed by atoms with Gasteiger partial charge in [-0.25, -0.2) is 0 Å². The highest BCUT2D eigenvalue weighted by Crippen LogP contribution is 2.40. The number of hydrogen-bond acceptors (Lipinski definition) is 3. The molecule has 0 bridgehead atoms. The van der Waals surface area contributed by atoms with E-state index in [4.69, 9.17) is 14.2 Å². The Morgan fingerprint density at radius 3 is 1.97 bits per heavy atom. The van der Waals surface area contributed by atoms with E-state index >= 15 is 0 Å². The molecule has 1 aliphatic heterocycles. The van der Waals surface area contributed by atoms with Gasteiger partial charge in [0.25, 0.3) is 0 Å². The van der Waals surface area contributed by atoms with Crippen LogP contribution in [0.15, 0.2) is 36.1 Å². The van der Waals surface area contributed by atoms with Crippen LogP contribution in [-0.4, -0.2) is 20.3 Å². The SMILES string of the molecule is C=C1Oc2cc(OCCCCCCCCCCCCCOC)ccc2C(CC)=C1C. The molecular formula is C27H42O3. The number of rotatable bonds is 16. The van der Waals surface area contributed by atoms with Crippen LogP contribution in [0.5, 0.6) is 11.5 Å². The lowest BCUT2D eigenvalue weighted by Gasteiger charge is -2.23. The molecule has 0 saturated heterocycles. The fraction of sp³-hybridized carbons (Fsp3) is 0.630. The molecule has 0 aliphatic carbocycles. The molecule has 3 nitrogen and oxygen atoms in total. The van der Waals surface area contributed by atoms with Gasteiger partial charge in [-0.2, -0.15) is 0 Å². The molecule has 3 heteroatoms. The van der Waals surface area contributed by atoms with Gasteiger partial charge in [-0.15, -0.1) is 0 Å². The van der Waals surface area contributed by atoms with Gasteiger partial charge < -0.3 is 14.2 Å². The zero-order chi connectivity index (χ0) is 21.6. The van der Waals surface area contributed by atoms with Crippen LogP contribution in [0.3, 0.4) is 0 Å². The minimum atomic E-state index is 0.752. The van der Waals surface area contributed by atoms with Crippen molar-refractivity contribution >= 4 is 5.57 Å². The average Bonchev–Trinajstić information content (AvgIpc) is 2.75. The number of hydrogen-bond donors (Lipinski definition) is 0. The third-order valence-corrected chi connectivity index (χ3v) is 6.00. The molecule has 1 aliphatic rings. The molecule has 0 spiro atoms. The van der Waals surface area contributed by atoms with E-state index in [-0.39, 0.29) is 0 Å². The molecule has 0 saturated carbocycles. The number of ether oxygens (including phenoxy) is 3. The van der Waals surface area contributed by atoms with Crippen LogP contribution in [0.4, 0.5) is 0 Å². The maximum Gasteiger partial charge on any atom is 0.138 e. The Hall–Kier alpha value is -1.74. The first-order valence-electron chi connectivity index (χ1n) is 12.0. The average molecular weight is 415 g/mol. The first-order chi connectivity index (χ1) is 14.7. The zero-order valence-corrected chi connectivity index (χ0v) is 19.6. The summed E-state index contributed by atoms with van der Waals surface area (Å²) in [5.41, 5.74) is 3.64. The molecule has 0 radical (unpaired) electrons. The molecule has 0 amide bonds. The van der Waals surface area contributed by atoms with E-state index in [1.54, 1.807) is 7.11 Å². The predicted octanol–water partition coefficient (Wildman–Crippen LogP) is 8.09. The Balaban J connectivity index is 1.53. The lowest BCUT2D eigenvalue weighted by molar-refractivity contribution is 0.192. The summed E-state index contributed by atoms with van der Waals surface area (Å²) in [5, 5.41) is 0. The van der Waals surface area contributed by atoms with E-state index < -0.39 is 0 Å². The smallest absolute Gasteiger partial charge is 0.138 e. The van der Waals surface area contributed by atoms with Crippen molar-refractivity contribution in [3.8, 4) is 11.5 Å². The summed E-state index contributed by atoms with van der Waals surface area (Å²) < 4.78 is 17.0. The summed E-state index contributed by atoms with van der Waals surface area (Å²) in [5.74, 6) is 2.52. The van der Waals surface area contributed by atoms with Gasteiger partial charge in [-0.3, -0.25) is 0 Å². The molecule has 0 aromatic heterocycles. The Bertz CT molecular complexity index is 675. The lowest BCUT2D eigenvalue weighted by atomic mass is 9.94. The topological polar surface area (TPSA) is 27.7 Å². The first-order valence-corrected chi connectivity index (χ1v) is 12.0. The lowest BCUT2D eigenvalue weighted by Crippen LogP contribution is -2.07. The molecule has 0 unspecified atom stereocenters. The number of unbranched alkanes of at least 4 members (excludes halogenated alkanes) is 10. The molecule has 2 rings (SSSR count). The normalized spacial score (nSPS) is 13.4. The van der Waals surface area contributed by atoms with Crippen molar-refractivity contribution in [2.45, 2.75) is 90.9 Å². The van der Waals surface area contributed by atoms with Gasteiger partial charge in [0.15, 0.2) is 0 Å². The third kappa shape index (κ3) is 8.18. The summed E-state index contributed by atoms with van der Waals surface area (Å²) in [6.45, 7) is 9.99. The van der Waals surface area contributed by atoms with E-state index in [1.165, 1.54) is 75.3 Å². The standard InChI is InChI=1S/C27H42O3/c1-5-25-22(2)23(3)30-27-21-24(17-18-26(25)27)29-20-16-14-12-10-8-6-7-9-11-13-15-19-28-4/h17-18,21H,3,5-16,19-20H2,1-2,4H3. The highest BCUT2D eigenvalue weighted by molar-refractivity contribution is 5.78. The first kappa shape index (κ1) is 24.5. The summed E-state index contributed by atoms with van der Waals surface area (Å²) in [6, 6.07) is 6.20. The van der Waals surface area contributed by atoms with Crippen LogP contribution in [0, 0.1) is 0 Å². The second kappa shape index (κ2) is 14.3. The molecule has 1 heterocycles. The molecule has 1 aromatic carbocycles. The highest BCUT2D eigenvalue weighted by Gasteiger charge is 2.20. The van der Waals surface area contributed by atoms with E-state index in [0.717, 1.165) is 48.9 Å². The van der Waals surface area contributed by atoms with Crippen LogP contribution in [0.2, 0.25) is 0 Å². The largest absolute Gasteiger partial charge is 0.493 e. The highest BCUT2D eigenvalue weighted by atomic mass is 16.5. The van der Waals surface area contributed by atoms with Crippen molar-refractivity contribution < 1.29 is 14.2 Å². The fourth-order valence-electron chi connectivity index (χ4n) is 4.09. The second-order valence-corrected chi connectivity index (χ2v) is 8.37. The van der Waals surface area contributed by atoms with Crippen molar-refractivity contribution in [3.05, 3.63) is 41.7 Å². The Morgan fingerprint density at radius 1 is 0.833 bits per heavy atom. The van der Waals surface area contributed by atoms with Crippen molar-refractivity contribution in [1.82, 2.24) is 0 Å². The van der Waals surface area contributed by atoms with Gasteiger partial charge in [0.05, 0.1) is 6.61 Å². The van der Waals surface area contributed by atoms with Gasteiger partial charge in [-0.05, 0) is 49.5 Å². The van der Waals surface area contributed by atoms with Crippen molar-refractivity contribution in [2.75, 3.05) is 20.3 Å². The van der Waals surface area contributed by atoms with Gasteiger partial charge in [-0.1, -0.05) is 71.3 Å². The number of methoxy groups -OCH3 is 1. The van der Waals surface area contributed by atoms with E-state index in [1.807, 2.05) is 6.07 Å². The maximum absolute atomic E-state index is 5.97. The van der Waals surface area contributed by atoms with Crippen LogP contribution in [0.25, 0.3) is 5.57 Å². The summed E-state index contributed by atoms with van der Waals surface area (Å²) in [4.78, 5) is 0. The maximum atomic E-state index is 5.97. The molecular weight excluding hydrogens is 372 g/mol. The van der Waals surface area contributed by atoms with Crippen LogP contribution < -0.4 is 9.47 Å². The van der Waals surface area contributed by atoms with Crippen molar-refractivity contribution in [3.63, 3.8) is 0 Å². The molecule has 0 fully saturated rings. The quantitative estimate of drug-likeness (QED) is 0.256. The monoisotopic (exact) mass is 414 g/mol. The van der Waals surface area contributed by atoms with E-state index in [9.17, 15) is 0 Å². The van der Waals surface area contributed by atoms with Gasteiger partial charge >= 0.3 is 0 Å². The third-order valence-electron chi connectivity index (χ3n) is 6.00. The molecule has 1 aromatic rings. The van der Waals surface area contributed by atoms with Gasteiger partial charge in [0.1, 0.15) is 17.3 Å². The Morgan fingerprint density at radius 2 is 1.40 bits per heavy atom. The Labute approximate surface area is 184 Å². The number of allylic oxidation sites excluding steroid dienone is 2. The fourth-order valence-corrected chi connectivity index (χ4v) is 4.09. The summed E-state index contributed by atoms with van der Waals surface area (Å²) in [6.07, 6.45) is 15.4. The zero-order valence-electron chi connectivity index (χ0n) is 19.6. The van der Waals surface area contributed by atoms with Crippen molar-refractivity contribution in [1.29, 1.82) is 0 Å². The number of fused-ring (bicyclic) bond motifs is 1. The van der Waals surface area contributed by atoms with Crippen LogP contribution in [0.1, 0.15) is 96.5 Å². The van der Waals surface area contributed by atoms with Gasteiger partial charge in [0, 0.05) is 25.3 Å². The van der Waals surface area contributed by atoms with E-state index in [2.05, 4.69) is 32.6 Å².